The number of rotatable bonds is 9. The van der Waals surface area contributed by atoms with Crippen LogP contribution in [-0.2, 0) is 6.61 Å². The van der Waals surface area contributed by atoms with Gasteiger partial charge in [-0.3, -0.25) is 14.7 Å². The first-order valence-corrected chi connectivity index (χ1v) is 12.5. The summed E-state index contributed by atoms with van der Waals surface area (Å²) in [6.07, 6.45) is 0. The van der Waals surface area contributed by atoms with Crippen LogP contribution < -0.4 is 4.74 Å². The van der Waals surface area contributed by atoms with Crippen molar-refractivity contribution >= 4 is 39.3 Å². The van der Waals surface area contributed by atoms with Crippen LogP contribution in [0.3, 0.4) is 0 Å². The minimum atomic E-state index is -0.526. The van der Waals surface area contributed by atoms with Crippen LogP contribution in [0, 0.1) is 22.9 Å². The molecule has 0 saturated heterocycles. The molecule has 0 aliphatic rings. The third-order valence-electron chi connectivity index (χ3n) is 5.08. The van der Waals surface area contributed by atoms with E-state index in [0.717, 1.165) is 16.8 Å². The van der Waals surface area contributed by atoms with Crippen LogP contribution in [0.15, 0.2) is 76.4 Å². The number of thioether (sulfide) groups is 1. The molecule has 1 aromatic heterocycles. The Hall–Kier alpha value is -2.95. The van der Waals surface area contributed by atoms with Gasteiger partial charge in [0.05, 0.1) is 4.47 Å². The second-order valence-corrected chi connectivity index (χ2v) is 10.0. The first-order valence-electron chi connectivity index (χ1n) is 10.4. The molecular formula is C24H19BrClFN4O3S. The molecule has 1 atom stereocenters. The summed E-state index contributed by atoms with van der Waals surface area (Å²) in [6.45, 7) is 1.77. The maximum Gasteiger partial charge on any atom is 0.220 e. The summed E-state index contributed by atoms with van der Waals surface area (Å²) in [7, 11) is 0. The molecule has 7 nitrogen and oxygen atoms in total. The molecule has 4 rings (SSSR count). The van der Waals surface area contributed by atoms with E-state index in [-0.39, 0.29) is 23.9 Å². The lowest BCUT2D eigenvalue weighted by Crippen LogP contribution is -2.11. The van der Waals surface area contributed by atoms with Crippen molar-refractivity contribution in [2.24, 2.45) is 0 Å². The van der Waals surface area contributed by atoms with Gasteiger partial charge in [0.1, 0.15) is 29.2 Å². The predicted octanol–water partition coefficient (Wildman–Crippen LogP) is 6.82. The van der Waals surface area contributed by atoms with Crippen LogP contribution in [0.5, 0.6) is 5.75 Å². The molecule has 0 aliphatic heterocycles. The lowest BCUT2D eigenvalue weighted by Gasteiger charge is -2.16. The fraction of sp³-hybridized carbons (Fsp3) is 0.167. The van der Waals surface area contributed by atoms with Crippen molar-refractivity contribution < 1.29 is 14.1 Å². The summed E-state index contributed by atoms with van der Waals surface area (Å²) >= 11 is 10.8. The summed E-state index contributed by atoms with van der Waals surface area (Å²) < 4.78 is 21.4. The predicted molar refractivity (Wildman–Crippen MR) is 136 cm³/mol. The minimum absolute atomic E-state index is 0.259. The lowest BCUT2D eigenvalue weighted by atomic mass is 10.1. The number of hydrogen-bond acceptors (Lipinski definition) is 6. The van der Waals surface area contributed by atoms with Gasteiger partial charge in [0.15, 0.2) is 5.16 Å². The van der Waals surface area contributed by atoms with E-state index in [4.69, 9.17) is 16.3 Å². The number of nitrogens with zero attached hydrogens (tertiary/aromatic N) is 4. The van der Waals surface area contributed by atoms with E-state index in [0.29, 0.717) is 26.2 Å². The van der Waals surface area contributed by atoms with Crippen molar-refractivity contribution in [3.8, 4) is 11.4 Å². The molecular weight excluding hydrogens is 559 g/mol. The number of aromatic nitrogens is 3. The summed E-state index contributed by atoms with van der Waals surface area (Å²) in [5, 5.41) is 20.5. The van der Waals surface area contributed by atoms with Crippen molar-refractivity contribution in [1.29, 1.82) is 0 Å². The monoisotopic (exact) mass is 576 g/mol. The maximum atomic E-state index is 13.1. The molecule has 11 heteroatoms. The Morgan fingerprint density at radius 1 is 1.14 bits per heavy atom. The molecule has 4 aromatic rings. The number of aryl methyl sites for hydroxylation is 1. The molecule has 0 bridgehead atoms. The van der Waals surface area contributed by atoms with E-state index in [1.165, 1.54) is 23.9 Å². The molecule has 3 aromatic carbocycles. The molecule has 35 heavy (non-hydrogen) atoms. The molecule has 180 valence electrons. The highest BCUT2D eigenvalue weighted by Crippen LogP contribution is 2.39. The number of hydrogen-bond donors (Lipinski definition) is 0. The van der Waals surface area contributed by atoms with Crippen molar-refractivity contribution in [2.45, 2.75) is 23.9 Å². The molecule has 0 fully saturated rings. The zero-order valence-corrected chi connectivity index (χ0v) is 21.6. The highest BCUT2D eigenvalue weighted by molar-refractivity contribution is 9.10. The second-order valence-electron chi connectivity index (χ2n) is 7.57. The third-order valence-corrected chi connectivity index (χ3v) is 7.13. The van der Waals surface area contributed by atoms with Crippen LogP contribution in [0.25, 0.3) is 5.69 Å². The number of nitro groups is 1. The number of ether oxygens (including phenoxy) is 1. The number of benzene rings is 3. The Bertz CT molecular complexity index is 1340. The lowest BCUT2D eigenvalue weighted by molar-refractivity contribution is -0.479. The van der Waals surface area contributed by atoms with Gasteiger partial charge >= 0.3 is 0 Å². The fourth-order valence-corrected chi connectivity index (χ4v) is 5.16. The molecule has 1 heterocycles. The van der Waals surface area contributed by atoms with Gasteiger partial charge in [-0.1, -0.05) is 41.6 Å². The smallest absolute Gasteiger partial charge is 0.220 e. The van der Waals surface area contributed by atoms with Crippen LogP contribution in [-0.4, -0.2) is 26.2 Å². The molecule has 0 aliphatic carbocycles. The SMILES string of the molecule is Cc1nnc(S[C@H](C[N+](=O)[O-])c2ccc(OCc3ccc(F)cc3)c(Br)c2)n1-c1ccc(Cl)cc1. The Labute approximate surface area is 218 Å². The molecule has 0 saturated carbocycles. The van der Waals surface area contributed by atoms with E-state index in [2.05, 4.69) is 26.1 Å². The molecule has 0 unspecified atom stereocenters. The Morgan fingerprint density at radius 3 is 2.51 bits per heavy atom. The topological polar surface area (TPSA) is 83.1 Å². The van der Waals surface area contributed by atoms with Gasteiger partial charge in [-0.15, -0.1) is 10.2 Å². The largest absolute Gasteiger partial charge is 0.488 e. The summed E-state index contributed by atoms with van der Waals surface area (Å²) in [6, 6.07) is 18.6. The Balaban J connectivity index is 1.56. The zero-order valence-electron chi connectivity index (χ0n) is 18.4. The standard InChI is InChI=1S/C24H19BrClFN4O3S/c1-15-28-29-24(31(15)20-9-5-18(26)6-10-20)35-23(13-30(32)33)17-4-11-22(21(25)12-17)34-14-16-2-7-19(27)8-3-16/h2-12,23H,13-14H2,1H3/t23-/m1/s1. The highest BCUT2D eigenvalue weighted by Gasteiger charge is 2.24. The summed E-state index contributed by atoms with van der Waals surface area (Å²) in [5.41, 5.74) is 2.36. The molecule has 0 spiro atoms. The van der Waals surface area contributed by atoms with Crippen LogP contribution in [0.1, 0.15) is 22.2 Å². The maximum absolute atomic E-state index is 13.1. The van der Waals surface area contributed by atoms with Crippen molar-refractivity contribution in [3.05, 3.63) is 109 Å². The minimum Gasteiger partial charge on any atom is -0.488 e. The highest BCUT2D eigenvalue weighted by atomic mass is 79.9. The van der Waals surface area contributed by atoms with Gasteiger partial charge < -0.3 is 4.74 Å². The molecule has 0 amide bonds. The van der Waals surface area contributed by atoms with E-state index in [9.17, 15) is 14.5 Å². The van der Waals surface area contributed by atoms with E-state index in [1.807, 2.05) is 23.6 Å². The fourth-order valence-electron chi connectivity index (χ4n) is 3.36. The molecule has 0 radical (unpaired) electrons. The second kappa shape index (κ2) is 11.2. The van der Waals surface area contributed by atoms with E-state index < -0.39 is 5.25 Å². The first-order chi connectivity index (χ1) is 16.8. The van der Waals surface area contributed by atoms with E-state index in [1.54, 1.807) is 42.5 Å². The van der Waals surface area contributed by atoms with Gasteiger partial charge in [0.25, 0.3) is 0 Å². The summed E-state index contributed by atoms with van der Waals surface area (Å²) in [5.74, 6) is 0.916. The van der Waals surface area contributed by atoms with Gasteiger partial charge in [0.2, 0.25) is 6.54 Å². The first kappa shape index (κ1) is 25.2. The van der Waals surface area contributed by atoms with Gasteiger partial charge in [-0.25, -0.2) is 4.39 Å². The van der Waals surface area contributed by atoms with Crippen LogP contribution in [0.2, 0.25) is 5.02 Å². The molecule has 0 N–H and O–H groups in total. The quantitative estimate of drug-likeness (QED) is 0.123. The Morgan fingerprint density at radius 2 is 1.86 bits per heavy atom. The van der Waals surface area contributed by atoms with Crippen LogP contribution >= 0.6 is 39.3 Å². The van der Waals surface area contributed by atoms with Crippen LogP contribution in [0.4, 0.5) is 4.39 Å². The van der Waals surface area contributed by atoms with Crippen molar-refractivity contribution in [3.63, 3.8) is 0 Å². The third kappa shape index (κ3) is 6.39. The Kier molecular flexibility index (Phi) is 8.04. The van der Waals surface area contributed by atoms with Crippen molar-refractivity contribution in [2.75, 3.05) is 6.54 Å². The normalized spacial score (nSPS) is 11.9. The van der Waals surface area contributed by atoms with Crippen molar-refractivity contribution in [1.82, 2.24) is 14.8 Å². The summed E-state index contributed by atoms with van der Waals surface area (Å²) in [4.78, 5) is 11.1. The van der Waals surface area contributed by atoms with Gasteiger partial charge in [0, 0.05) is 15.6 Å². The van der Waals surface area contributed by atoms with E-state index >= 15 is 0 Å². The van der Waals surface area contributed by atoms with Gasteiger partial charge in [-0.05, 0) is 82.5 Å². The average Bonchev–Trinajstić information content (AvgIpc) is 3.19. The number of halogens is 3. The zero-order chi connectivity index (χ0) is 24.9. The average molecular weight is 578 g/mol. The van der Waals surface area contributed by atoms with Gasteiger partial charge in [-0.2, -0.15) is 0 Å².